The molecule has 0 bridgehead atoms. The standard InChI is InChI=1S/C23H26ClN3O3/c24-18-9-12-21(25-14-18)26-22(28)17-4-3-13-27(15-17)23(29)16-7-10-20(11-8-16)30-19-5-1-2-6-19/h7-12,14,17,19H,1-6,13,15H2,(H,25,26,28). The van der Waals surface area contributed by atoms with Gasteiger partial charge in [-0.2, -0.15) is 0 Å². The maximum atomic E-state index is 12.9. The Morgan fingerprint density at radius 3 is 2.50 bits per heavy atom. The van der Waals surface area contributed by atoms with Gasteiger partial charge in [-0.15, -0.1) is 0 Å². The number of carbonyl (C=O) groups is 2. The maximum Gasteiger partial charge on any atom is 0.253 e. The lowest BCUT2D eigenvalue weighted by Crippen LogP contribution is -2.43. The molecule has 2 heterocycles. The molecular weight excluding hydrogens is 402 g/mol. The van der Waals surface area contributed by atoms with Crippen molar-refractivity contribution in [2.45, 2.75) is 44.6 Å². The van der Waals surface area contributed by atoms with Gasteiger partial charge in [0, 0.05) is 24.8 Å². The molecule has 0 spiro atoms. The van der Waals surface area contributed by atoms with E-state index in [1.165, 1.54) is 19.0 Å². The number of nitrogens with one attached hydrogen (secondary N) is 1. The summed E-state index contributed by atoms with van der Waals surface area (Å²) >= 11 is 5.83. The quantitative estimate of drug-likeness (QED) is 0.759. The van der Waals surface area contributed by atoms with Crippen LogP contribution in [0, 0.1) is 5.92 Å². The highest BCUT2D eigenvalue weighted by atomic mass is 35.5. The average Bonchev–Trinajstić information content (AvgIpc) is 3.28. The van der Waals surface area contributed by atoms with Crippen LogP contribution in [0.2, 0.25) is 5.02 Å². The number of ether oxygens (including phenoxy) is 1. The number of hydrogen-bond donors (Lipinski definition) is 1. The molecule has 2 fully saturated rings. The predicted octanol–water partition coefficient (Wildman–Crippen LogP) is 4.55. The van der Waals surface area contributed by atoms with Crippen molar-refractivity contribution in [2.24, 2.45) is 5.92 Å². The molecule has 1 aliphatic heterocycles. The summed E-state index contributed by atoms with van der Waals surface area (Å²) in [5, 5.41) is 3.33. The topological polar surface area (TPSA) is 71.5 Å². The van der Waals surface area contributed by atoms with Crippen LogP contribution in [0.5, 0.6) is 5.75 Å². The van der Waals surface area contributed by atoms with Gasteiger partial charge in [-0.1, -0.05) is 11.6 Å². The second-order valence-electron chi connectivity index (χ2n) is 7.99. The number of likely N-dealkylation sites (tertiary alicyclic amines) is 1. The molecule has 6 nitrogen and oxygen atoms in total. The van der Waals surface area contributed by atoms with Crippen molar-refractivity contribution in [1.82, 2.24) is 9.88 Å². The SMILES string of the molecule is O=C(Nc1ccc(Cl)cn1)C1CCCN(C(=O)c2ccc(OC3CCCC3)cc2)C1. The zero-order valence-electron chi connectivity index (χ0n) is 16.9. The molecule has 1 aliphatic carbocycles. The van der Waals surface area contributed by atoms with Crippen molar-refractivity contribution in [2.75, 3.05) is 18.4 Å². The second-order valence-corrected chi connectivity index (χ2v) is 8.43. The van der Waals surface area contributed by atoms with E-state index in [1.807, 2.05) is 24.3 Å². The minimum absolute atomic E-state index is 0.0514. The summed E-state index contributed by atoms with van der Waals surface area (Å²) in [4.78, 5) is 31.4. The van der Waals surface area contributed by atoms with E-state index in [9.17, 15) is 9.59 Å². The Labute approximate surface area is 181 Å². The molecule has 0 radical (unpaired) electrons. The van der Waals surface area contributed by atoms with Gasteiger partial charge < -0.3 is 15.0 Å². The summed E-state index contributed by atoms with van der Waals surface area (Å²) in [5.41, 5.74) is 0.620. The van der Waals surface area contributed by atoms with Crippen LogP contribution < -0.4 is 10.1 Å². The van der Waals surface area contributed by atoms with Gasteiger partial charge in [0.15, 0.2) is 0 Å². The van der Waals surface area contributed by atoms with Gasteiger partial charge in [0.1, 0.15) is 11.6 Å². The van der Waals surface area contributed by atoms with Crippen LogP contribution in [0.1, 0.15) is 48.9 Å². The lowest BCUT2D eigenvalue weighted by atomic mass is 9.96. The molecule has 30 heavy (non-hydrogen) atoms. The Morgan fingerprint density at radius 2 is 1.80 bits per heavy atom. The molecule has 7 heteroatoms. The van der Waals surface area contributed by atoms with E-state index in [0.29, 0.717) is 35.6 Å². The highest BCUT2D eigenvalue weighted by Crippen LogP contribution is 2.25. The van der Waals surface area contributed by atoms with Gasteiger partial charge in [-0.05, 0) is 74.9 Å². The van der Waals surface area contributed by atoms with Gasteiger partial charge in [-0.3, -0.25) is 9.59 Å². The fraction of sp³-hybridized carbons (Fsp3) is 0.435. The summed E-state index contributed by atoms with van der Waals surface area (Å²) in [6.07, 6.45) is 7.97. The minimum atomic E-state index is -0.259. The van der Waals surface area contributed by atoms with Gasteiger partial charge in [0.25, 0.3) is 5.91 Å². The molecule has 4 rings (SSSR count). The number of amides is 2. The predicted molar refractivity (Wildman–Crippen MR) is 116 cm³/mol. The Bertz CT molecular complexity index is 880. The normalized spacial score (nSPS) is 19.5. The van der Waals surface area contributed by atoms with Gasteiger partial charge in [-0.25, -0.2) is 4.98 Å². The lowest BCUT2D eigenvalue weighted by Gasteiger charge is -2.32. The first-order valence-electron chi connectivity index (χ1n) is 10.6. The largest absolute Gasteiger partial charge is 0.490 e. The van der Waals surface area contributed by atoms with E-state index >= 15 is 0 Å². The molecule has 1 N–H and O–H groups in total. The van der Waals surface area contributed by atoms with E-state index in [-0.39, 0.29) is 17.7 Å². The maximum absolute atomic E-state index is 12.9. The number of benzene rings is 1. The van der Waals surface area contributed by atoms with Crippen LogP contribution in [0.25, 0.3) is 0 Å². The van der Waals surface area contributed by atoms with Crippen LogP contribution in [0.3, 0.4) is 0 Å². The third-order valence-electron chi connectivity index (χ3n) is 5.76. The van der Waals surface area contributed by atoms with Crippen molar-refractivity contribution >= 4 is 29.2 Å². The summed E-state index contributed by atoms with van der Waals surface area (Å²) in [6.45, 7) is 1.06. The van der Waals surface area contributed by atoms with Gasteiger partial charge in [0.05, 0.1) is 17.0 Å². The van der Waals surface area contributed by atoms with Crippen molar-refractivity contribution in [3.63, 3.8) is 0 Å². The van der Waals surface area contributed by atoms with Crippen LogP contribution in [0.15, 0.2) is 42.6 Å². The number of aromatic nitrogens is 1. The molecular formula is C23H26ClN3O3. The monoisotopic (exact) mass is 427 g/mol. The van der Waals surface area contributed by atoms with Crippen LogP contribution in [-0.2, 0) is 4.79 Å². The van der Waals surface area contributed by atoms with Crippen molar-refractivity contribution in [3.05, 3.63) is 53.2 Å². The Balaban J connectivity index is 1.34. The van der Waals surface area contributed by atoms with Crippen LogP contribution in [-0.4, -0.2) is 40.9 Å². The summed E-state index contributed by atoms with van der Waals surface area (Å²) in [5.74, 6) is 0.841. The lowest BCUT2D eigenvalue weighted by molar-refractivity contribution is -0.121. The van der Waals surface area contributed by atoms with Gasteiger partial charge >= 0.3 is 0 Å². The first-order chi connectivity index (χ1) is 14.6. The molecule has 2 amide bonds. The fourth-order valence-corrected chi connectivity index (χ4v) is 4.22. The molecule has 1 aromatic carbocycles. The summed E-state index contributed by atoms with van der Waals surface area (Å²) < 4.78 is 5.98. The van der Waals surface area contributed by atoms with Crippen molar-refractivity contribution in [3.8, 4) is 5.75 Å². The smallest absolute Gasteiger partial charge is 0.253 e. The highest BCUT2D eigenvalue weighted by molar-refractivity contribution is 6.30. The molecule has 2 aromatic rings. The number of halogens is 1. The average molecular weight is 428 g/mol. The van der Waals surface area contributed by atoms with E-state index in [0.717, 1.165) is 31.4 Å². The highest BCUT2D eigenvalue weighted by Gasteiger charge is 2.29. The number of piperidine rings is 1. The molecule has 1 atom stereocenters. The number of pyridine rings is 1. The third kappa shape index (κ3) is 5.11. The van der Waals surface area contributed by atoms with E-state index < -0.39 is 0 Å². The molecule has 1 saturated heterocycles. The first-order valence-corrected chi connectivity index (χ1v) is 10.9. The molecule has 2 aliphatic rings. The molecule has 158 valence electrons. The number of nitrogens with zero attached hydrogens (tertiary/aromatic N) is 2. The number of rotatable bonds is 5. The van der Waals surface area contributed by atoms with Crippen molar-refractivity contribution in [1.29, 1.82) is 0 Å². The third-order valence-corrected chi connectivity index (χ3v) is 5.99. The minimum Gasteiger partial charge on any atom is -0.490 e. The number of carbonyl (C=O) groups excluding carboxylic acids is 2. The Hall–Kier alpha value is -2.60. The molecule has 1 unspecified atom stereocenters. The van der Waals surface area contributed by atoms with E-state index in [1.54, 1.807) is 17.0 Å². The fourth-order valence-electron chi connectivity index (χ4n) is 4.11. The van der Waals surface area contributed by atoms with Crippen LogP contribution in [0.4, 0.5) is 5.82 Å². The summed E-state index contributed by atoms with van der Waals surface area (Å²) in [6, 6.07) is 10.7. The second kappa shape index (κ2) is 9.47. The molecule has 1 aromatic heterocycles. The zero-order valence-corrected chi connectivity index (χ0v) is 17.6. The van der Waals surface area contributed by atoms with E-state index in [2.05, 4.69) is 10.3 Å². The Morgan fingerprint density at radius 1 is 1.03 bits per heavy atom. The molecule has 1 saturated carbocycles. The zero-order chi connectivity index (χ0) is 20.9. The van der Waals surface area contributed by atoms with Gasteiger partial charge in [0.2, 0.25) is 5.91 Å². The number of anilines is 1. The first kappa shape index (κ1) is 20.7. The van der Waals surface area contributed by atoms with Crippen LogP contribution >= 0.6 is 11.6 Å². The number of hydrogen-bond acceptors (Lipinski definition) is 4. The van der Waals surface area contributed by atoms with Crippen molar-refractivity contribution < 1.29 is 14.3 Å². The summed E-state index contributed by atoms with van der Waals surface area (Å²) in [7, 11) is 0. The van der Waals surface area contributed by atoms with E-state index in [4.69, 9.17) is 16.3 Å². The Kier molecular flexibility index (Phi) is 6.53.